The van der Waals surface area contributed by atoms with Gasteiger partial charge in [0.05, 0.1) is 8.95 Å². The van der Waals surface area contributed by atoms with Crippen LogP contribution in [0.5, 0.6) is 5.75 Å². The molecule has 5 nitrogen and oxygen atoms in total. The maximum Gasteiger partial charge on any atom is 0.329 e. The van der Waals surface area contributed by atoms with Crippen molar-refractivity contribution in [3.63, 3.8) is 0 Å². The van der Waals surface area contributed by atoms with Crippen LogP contribution in [0, 0.1) is 5.82 Å². The average molecular weight is 510 g/mol. The molecule has 0 bridgehead atoms. The van der Waals surface area contributed by atoms with E-state index in [1.54, 1.807) is 30.3 Å². The van der Waals surface area contributed by atoms with Crippen LogP contribution in [-0.4, -0.2) is 23.4 Å². The van der Waals surface area contributed by atoms with E-state index in [0.717, 1.165) is 10.5 Å². The zero-order valence-corrected chi connectivity index (χ0v) is 17.7. The topological polar surface area (TPSA) is 58.6 Å². The molecular weight excluding hydrogens is 495 g/mol. The Morgan fingerprint density at radius 3 is 2.39 bits per heavy atom. The number of imide groups is 1. The fourth-order valence-corrected chi connectivity index (χ4v) is 4.02. The molecule has 1 aliphatic rings. The maximum absolute atomic E-state index is 13.0. The summed E-state index contributed by atoms with van der Waals surface area (Å²) >= 11 is 6.91. The second kappa shape index (κ2) is 8.70. The van der Waals surface area contributed by atoms with Crippen molar-refractivity contribution in [1.29, 1.82) is 0 Å². The Hall–Kier alpha value is -2.45. The van der Waals surface area contributed by atoms with Gasteiger partial charge in [-0.3, -0.25) is 9.69 Å². The summed E-state index contributed by atoms with van der Waals surface area (Å²) in [4.78, 5) is 25.2. The lowest BCUT2D eigenvalue weighted by atomic mass is 10.2. The van der Waals surface area contributed by atoms with Crippen LogP contribution in [0.15, 0.2) is 63.7 Å². The molecule has 0 spiro atoms. The Bertz CT molecular complexity index is 951. The minimum absolute atomic E-state index is 0.144. The summed E-state index contributed by atoms with van der Waals surface area (Å²) in [5.74, 6) is -0.140. The van der Waals surface area contributed by atoms with Crippen molar-refractivity contribution in [2.24, 2.45) is 0 Å². The van der Waals surface area contributed by atoms with Crippen molar-refractivity contribution < 1.29 is 18.7 Å². The van der Waals surface area contributed by atoms with Crippen LogP contribution in [0.4, 0.5) is 9.18 Å². The molecule has 0 unspecified atom stereocenters. The zero-order chi connectivity index (χ0) is 20.3. The first-order chi connectivity index (χ1) is 13.4. The molecule has 0 aliphatic carbocycles. The van der Waals surface area contributed by atoms with E-state index in [9.17, 15) is 14.0 Å². The molecule has 1 saturated heterocycles. The third kappa shape index (κ3) is 4.51. The van der Waals surface area contributed by atoms with Gasteiger partial charge in [-0.1, -0.05) is 18.2 Å². The number of hydrogen-bond donors (Lipinski definition) is 1. The molecular formula is C20H15Br2FN2O3. The predicted molar refractivity (Wildman–Crippen MR) is 111 cm³/mol. The smallest absolute Gasteiger partial charge is 0.329 e. The lowest BCUT2D eigenvalue weighted by Crippen LogP contribution is -2.30. The van der Waals surface area contributed by atoms with Crippen LogP contribution in [0.25, 0.3) is 6.08 Å². The fourth-order valence-electron chi connectivity index (χ4n) is 2.57. The lowest BCUT2D eigenvalue weighted by molar-refractivity contribution is -0.122. The van der Waals surface area contributed by atoms with Crippen LogP contribution in [0.3, 0.4) is 0 Å². The molecule has 1 aliphatic heterocycles. The van der Waals surface area contributed by atoms with Gasteiger partial charge in [0.1, 0.15) is 23.9 Å². The van der Waals surface area contributed by atoms with E-state index in [1.807, 2.05) is 0 Å². The Kier molecular flexibility index (Phi) is 6.31. The fraction of sp³-hybridized carbons (Fsp3) is 0.100. The third-order valence-electron chi connectivity index (χ3n) is 3.90. The first-order valence-corrected chi connectivity index (χ1v) is 9.79. The highest BCUT2D eigenvalue weighted by molar-refractivity contribution is 9.11. The van der Waals surface area contributed by atoms with E-state index in [2.05, 4.69) is 43.8 Å². The largest absolute Gasteiger partial charge is 0.487 e. The van der Waals surface area contributed by atoms with Crippen LogP contribution < -0.4 is 10.1 Å². The quantitative estimate of drug-likeness (QED) is 0.338. The van der Waals surface area contributed by atoms with Crippen molar-refractivity contribution in [2.45, 2.75) is 6.61 Å². The average Bonchev–Trinajstić information content (AvgIpc) is 2.90. The number of hydrogen-bond acceptors (Lipinski definition) is 3. The number of nitrogens with zero attached hydrogens (tertiary/aromatic N) is 1. The first kappa shape index (κ1) is 20.3. The van der Waals surface area contributed by atoms with E-state index in [0.29, 0.717) is 20.3 Å². The second-order valence-corrected chi connectivity index (χ2v) is 7.63. The predicted octanol–water partition coefficient (Wildman–Crippen LogP) is 5.01. The van der Waals surface area contributed by atoms with Gasteiger partial charge in [0.15, 0.2) is 0 Å². The summed E-state index contributed by atoms with van der Waals surface area (Å²) < 4.78 is 20.1. The molecule has 0 radical (unpaired) electrons. The minimum Gasteiger partial charge on any atom is -0.487 e. The van der Waals surface area contributed by atoms with E-state index < -0.39 is 11.9 Å². The van der Waals surface area contributed by atoms with Crippen molar-refractivity contribution in [3.8, 4) is 5.75 Å². The first-order valence-electron chi connectivity index (χ1n) is 8.20. The van der Waals surface area contributed by atoms with Crippen LogP contribution >= 0.6 is 31.9 Å². The van der Waals surface area contributed by atoms with Crippen LogP contribution in [0.1, 0.15) is 11.1 Å². The number of halogens is 3. The molecule has 3 rings (SSSR count). The van der Waals surface area contributed by atoms with Crippen molar-refractivity contribution >= 4 is 49.9 Å². The third-order valence-corrected chi connectivity index (χ3v) is 5.08. The molecule has 1 heterocycles. The Balaban J connectivity index is 1.78. The van der Waals surface area contributed by atoms with E-state index in [4.69, 9.17) is 4.74 Å². The van der Waals surface area contributed by atoms with Gasteiger partial charge >= 0.3 is 6.03 Å². The number of amides is 3. The molecule has 1 fully saturated rings. The standard InChI is InChI=1S/C20H15Br2FN2O3/c1-2-7-25-19(26)17(24-20(25)27)10-13-8-15(21)18(16(22)9-13)28-11-12-3-5-14(23)6-4-12/h2-6,8-10H,1,7,11H2,(H,24,27)/b17-10+. The van der Waals surface area contributed by atoms with Gasteiger partial charge in [0.25, 0.3) is 5.91 Å². The summed E-state index contributed by atoms with van der Waals surface area (Å²) in [6.45, 7) is 3.95. The van der Waals surface area contributed by atoms with E-state index in [-0.39, 0.29) is 24.7 Å². The number of carbonyl (C=O) groups excluding carboxylic acids is 2. The Morgan fingerprint density at radius 1 is 1.14 bits per heavy atom. The van der Waals surface area contributed by atoms with Gasteiger partial charge in [0, 0.05) is 6.54 Å². The molecule has 2 aromatic carbocycles. The highest BCUT2D eigenvalue weighted by atomic mass is 79.9. The van der Waals surface area contributed by atoms with Gasteiger partial charge in [-0.05, 0) is 73.3 Å². The normalized spacial score (nSPS) is 15.1. The summed E-state index contributed by atoms with van der Waals surface area (Å²) in [5.41, 5.74) is 1.70. The van der Waals surface area contributed by atoms with Gasteiger partial charge < -0.3 is 10.1 Å². The molecule has 8 heteroatoms. The van der Waals surface area contributed by atoms with Gasteiger partial charge in [-0.15, -0.1) is 6.58 Å². The van der Waals surface area contributed by atoms with E-state index in [1.165, 1.54) is 18.2 Å². The second-order valence-electron chi connectivity index (χ2n) is 5.92. The summed E-state index contributed by atoms with van der Waals surface area (Å²) in [7, 11) is 0. The van der Waals surface area contributed by atoms with Crippen molar-refractivity contribution in [1.82, 2.24) is 10.2 Å². The SMILES string of the molecule is C=CCN1C(=O)N/C(=C/c2cc(Br)c(OCc3ccc(F)cc3)c(Br)c2)C1=O. The number of rotatable bonds is 6. The molecule has 0 aromatic heterocycles. The zero-order valence-electron chi connectivity index (χ0n) is 14.5. The molecule has 28 heavy (non-hydrogen) atoms. The number of benzene rings is 2. The highest BCUT2D eigenvalue weighted by Crippen LogP contribution is 2.36. The molecule has 1 N–H and O–H groups in total. The molecule has 2 aromatic rings. The summed E-state index contributed by atoms with van der Waals surface area (Å²) in [5, 5.41) is 2.55. The lowest BCUT2D eigenvalue weighted by Gasteiger charge is -2.12. The maximum atomic E-state index is 13.0. The minimum atomic E-state index is -0.478. The number of urea groups is 1. The van der Waals surface area contributed by atoms with Gasteiger partial charge in [0.2, 0.25) is 0 Å². The van der Waals surface area contributed by atoms with Gasteiger partial charge in [-0.25, -0.2) is 9.18 Å². The van der Waals surface area contributed by atoms with Crippen molar-refractivity contribution in [2.75, 3.05) is 6.54 Å². The van der Waals surface area contributed by atoms with Crippen LogP contribution in [-0.2, 0) is 11.4 Å². The monoisotopic (exact) mass is 508 g/mol. The van der Waals surface area contributed by atoms with Crippen LogP contribution in [0.2, 0.25) is 0 Å². The molecule has 3 amide bonds. The number of nitrogens with one attached hydrogen (secondary N) is 1. The van der Waals surface area contributed by atoms with Crippen molar-refractivity contribution in [3.05, 3.63) is 80.6 Å². The highest BCUT2D eigenvalue weighted by Gasteiger charge is 2.32. The summed E-state index contributed by atoms with van der Waals surface area (Å²) in [6.07, 6.45) is 3.07. The van der Waals surface area contributed by atoms with E-state index >= 15 is 0 Å². The Morgan fingerprint density at radius 2 is 1.79 bits per heavy atom. The number of carbonyl (C=O) groups is 2. The summed E-state index contributed by atoms with van der Waals surface area (Å²) in [6, 6.07) is 9.12. The number of ether oxygens (including phenoxy) is 1. The molecule has 0 atom stereocenters. The molecule has 0 saturated carbocycles. The Labute approximate surface area is 178 Å². The molecule has 144 valence electrons. The van der Waals surface area contributed by atoms with Gasteiger partial charge in [-0.2, -0.15) is 0 Å².